The minimum atomic E-state index is -0.944. The number of ketones is 1. The predicted molar refractivity (Wildman–Crippen MR) is 77.1 cm³/mol. The minimum absolute atomic E-state index is 0.321. The van der Waals surface area contributed by atoms with Crippen LogP contribution in [-0.2, 0) is 0 Å². The SMILES string of the molecule is COc1ccccc1C(=O)C(C#N)c1ccccc1Cl. The van der Waals surface area contributed by atoms with Crippen LogP contribution >= 0.6 is 11.6 Å². The van der Waals surface area contributed by atoms with Gasteiger partial charge in [-0.1, -0.05) is 41.9 Å². The van der Waals surface area contributed by atoms with E-state index < -0.39 is 5.92 Å². The predicted octanol–water partition coefficient (Wildman–Crippen LogP) is 3.84. The van der Waals surface area contributed by atoms with Gasteiger partial charge in [-0.25, -0.2) is 0 Å². The molecule has 100 valence electrons. The summed E-state index contributed by atoms with van der Waals surface area (Å²) in [5, 5.41) is 9.73. The van der Waals surface area contributed by atoms with E-state index in [0.29, 0.717) is 21.9 Å². The molecule has 0 saturated heterocycles. The van der Waals surface area contributed by atoms with Crippen LogP contribution < -0.4 is 4.74 Å². The Hall–Kier alpha value is -2.31. The number of hydrogen-bond acceptors (Lipinski definition) is 3. The van der Waals surface area contributed by atoms with Crippen LogP contribution in [0, 0.1) is 11.3 Å². The Bertz CT molecular complexity index is 676. The van der Waals surface area contributed by atoms with Gasteiger partial charge in [0.25, 0.3) is 0 Å². The average Bonchev–Trinajstić information content (AvgIpc) is 2.49. The van der Waals surface area contributed by atoms with E-state index in [9.17, 15) is 10.1 Å². The average molecular weight is 286 g/mol. The second-order valence-corrected chi connectivity index (χ2v) is 4.56. The lowest BCUT2D eigenvalue weighted by molar-refractivity contribution is 0.0976. The minimum Gasteiger partial charge on any atom is -0.496 e. The quantitative estimate of drug-likeness (QED) is 0.802. The Morgan fingerprint density at radius 1 is 1.20 bits per heavy atom. The molecule has 0 bridgehead atoms. The van der Waals surface area contributed by atoms with E-state index in [2.05, 4.69) is 0 Å². The molecule has 0 N–H and O–H groups in total. The molecular formula is C16H12ClNO2. The highest BCUT2D eigenvalue weighted by Gasteiger charge is 2.25. The molecule has 1 atom stereocenters. The molecule has 2 aromatic carbocycles. The van der Waals surface area contributed by atoms with Crippen LogP contribution in [0.15, 0.2) is 48.5 Å². The summed E-state index contributed by atoms with van der Waals surface area (Å²) in [6, 6.07) is 15.7. The van der Waals surface area contributed by atoms with Gasteiger partial charge in [0, 0.05) is 5.02 Å². The first-order chi connectivity index (χ1) is 9.69. The van der Waals surface area contributed by atoms with Crippen molar-refractivity contribution in [1.82, 2.24) is 0 Å². The first-order valence-corrected chi connectivity index (χ1v) is 6.38. The largest absolute Gasteiger partial charge is 0.496 e. The Morgan fingerprint density at radius 3 is 2.50 bits per heavy atom. The Labute approximate surface area is 122 Å². The first-order valence-electron chi connectivity index (χ1n) is 6.00. The summed E-state index contributed by atoms with van der Waals surface area (Å²) in [5.74, 6) is -0.817. The molecular weight excluding hydrogens is 274 g/mol. The van der Waals surface area contributed by atoms with Crippen molar-refractivity contribution in [1.29, 1.82) is 5.26 Å². The smallest absolute Gasteiger partial charge is 0.188 e. The maximum Gasteiger partial charge on any atom is 0.188 e. The lowest BCUT2D eigenvalue weighted by atomic mass is 9.91. The Morgan fingerprint density at radius 2 is 1.85 bits per heavy atom. The lowest BCUT2D eigenvalue weighted by Crippen LogP contribution is -2.12. The molecule has 20 heavy (non-hydrogen) atoms. The van der Waals surface area contributed by atoms with Gasteiger partial charge in [-0.05, 0) is 23.8 Å². The number of para-hydroxylation sites is 1. The maximum atomic E-state index is 12.5. The number of nitriles is 1. The molecule has 4 heteroatoms. The van der Waals surface area contributed by atoms with Crippen LogP contribution in [0.2, 0.25) is 5.02 Å². The number of carbonyl (C=O) groups excluding carboxylic acids is 1. The number of rotatable bonds is 4. The van der Waals surface area contributed by atoms with E-state index in [0.717, 1.165) is 0 Å². The second-order valence-electron chi connectivity index (χ2n) is 4.15. The summed E-state index contributed by atoms with van der Waals surface area (Å²) in [5.41, 5.74) is 0.883. The molecule has 2 aromatic rings. The lowest BCUT2D eigenvalue weighted by Gasteiger charge is -2.12. The van der Waals surface area contributed by atoms with E-state index in [-0.39, 0.29) is 5.78 Å². The number of Topliss-reactive ketones (excluding diaryl/α,β-unsaturated/α-hetero) is 1. The van der Waals surface area contributed by atoms with Crippen molar-refractivity contribution in [2.45, 2.75) is 5.92 Å². The van der Waals surface area contributed by atoms with Gasteiger partial charge in [0.2, 0.25) is 0 Å². The number of halogens is 1. The van der Waals surface area contributed by atoms with E-state index in [1.165, 1.54) is 7.11 Å². The van der Waals surface area contributed by atoms with Crippen molar-refractivity contribution in [2.75, 3.05) is 7.11 Å². The monoisotopic (exact) mass is 285 g/mol. The molecule has 0 aliphatic carbocycles. The van der Waals surface area contributed by atoms with E-state index >= 15 is 0 Å². The highest BCUT2D eigenvalue weighted by Crippen LogP contribution is 2.30. The van der Waals surface area contributed by atoms with Gasteiger partial charge in [-0.2, -0.15) is 5.26 Å². The topological polar surface area (TPSA) is 50.1 Å². The van der Waals surface area contributed by atoms with Crippen LogP contribution in [0.3, 0.4) is 0 Å². The number of nitrogens with zero attached hydrogens (tertiary/aromatic N) is 1. The molecule has 0 aromatic heterocycles. The molecule has 0 radical (unpaired) electrons. The molecule has 0 aliphatic heterocycles. The summed E-state index contributed by atoms with van der Waals surface area (Å²) in [6.45, 7) is 0. The van der Waals surface area contributed by atoms with Crippen LogP contribution in [0.4, 0.5) is 0 Å². The summed E-state index contributed by atoms with van der Waals surface area (Å²) in [7, 11) is 1.49. The molecule has 0 spiro atoms. The third-order valence-electron chi connectivity index (χ3n) is 2.98. The van der Waals surface area contributed by atoms with Gasteiger partial charge < -0.3 is 4.74 Å². The highest BCUT2D eigenvalue weighted by molar-refractivity contribution is 6.31. The van der Waals surface area contributed by atoms with Crippen LogP contribution in [0.1, 0.15) is 21.8 Å². The van der Waals surface area contributed by atoms with Gasteiger partial charge in [-0.3, -0.25) is 4.79 Å². The standard InChI is InChI=1S/C16H12ClNO2/c1-20-15-9-5-3-7-12(15)16(19)13(10-18)11-6-2-4-8-14(11)17/h2-9,13H,1H3. The van der Waals surface area contributed by atoms with Crippen molar-refractivity contribution in [3.8, 4) is 11.8 Å². The molecule has 0 heterocycles. The van der Waals surface area contributed by atoms with Gasteiger partial charge in [0.15, 0.2) is 5.78 Å². The van der Waals surface area contributed by atoms with Crippen molar-refractivity contribution in [2.24, 2.45) is 0 Å². The normalized spacial score (nSPS) is 11.4. The molecule has 0 saturated carbocycles. The molecule has 2 rings (SSSR count). The summed E-state index contributed by atoms with van der Waals surface area (Å²) in [4.78, 5) is 12.5. The summed E-state index contributed by atoms with van der Waals surface area (Å²) >= 11 is 6.07. The van der Waals surface area contributed by atoms with Crippen molar-refractivity contribution >= 4 is 17.4 Å². The second kappa shape index (κ2) is 6.23. The Kier molecular flexibility index (Phi) is 4.39. The van der Waals surface area contributed by atoms with Gasteiger partial charge >= 0.3 is 0 Å². The molecule has 0 fully saturated rings. The van der Waals surface area contributed by atoms with Crippen molar-refractivity contribution < 1.29 is 9.53 Å². The third-order valence-corrected chi connectivity index (χ3v) is 3.32. The zero-order chi connectivity index (χ0) is 14.5. The van der Waals surface area contributed by atoms with Gasteiger partial charge in [0.1, 0.15) is 11.7 Å². The number of hydrogen-bond donors (Lipinski definition) is 0. The zero-order valence-electron chi connectivity index (χ0n) is 10.8. The Balaban J connectivity index is 2.46. The molecule has 0 amide bonds. The van der Waals surface area contributed by atoms with Crippen LogP contribution in [0.5, 0.6) is 5.75 Å². The van der Waals surface area contributed by atoms with Crippen LogP contribution in [-0.4, -0.2) is 12.9 Å². The first kappa shape index (κ1) is 14.1. The molecule has 0 aliphatic rings. The summed E-state index contributed by atoms with van der Waals surface area (Å²) < 4.78 is 5.16. The van der Waals surface area contributed by atoms with Crippen molar-refractivity contribution in [3.63, 3.8) is 0 Å². The number of carbonyl (C=O) groups is 1. The molecule has 3 nitrogen and oxygen atoms in total. The van der Waals surface area contributed by atoms with Crippen LogP contribution in [0.25, 0.3) is 0 Å². The number of methoxy groups -OCH3 is 1. The van der Waals surface area contributed by atoms with E-state index in [1.807, 2.05) is 6.07 Å². The summed E-state index contributed by atoms with van der Waals surface area (Å²) in [6.07, 6.45) is 0. The number of benzene rings is 2. The third kappa shape index (κ3) is 2.66. The fourth-order valence-electron chi connectivity index (χ4n) is 1.98. The zero-order valence-corrected chi connectivity index (χ0v) is 11.6. The number of ether oxygens (including phenoxy) is 1. The van der Waals surface area contributed by atoms with Gasteiger partial charge in [-0.15, -0.1) is 0 Å². The maximum absolute atomic E-state index is 12.5. The molecule has 1 unspecified atom stereocenters. The van der Waals surface area contributed by atoms with E-state index in [1.54, 1.807) is 48.5 Å². The van der Waals surface area contributed by atoms with Gasteiger partial charge in [0.05, 0.1) is 18.7 Å². The fourth-order valence-corrected chi connectivity index (χ4v) is 2.23. The van der Waals surface area contributed by atoms with E-state index in [4.69, 9.17) is 16.3 Å². The highest BCUT2D eigenvalue weighted by atomic mass is 35.5. The fraction of sp³-hybridized carbons (Fsp3) is 0.125. The van der Waals surface area contributed by atoms with Crippen molar-refractivity contribution in [3.05, 3.63) is 64.7 Å².